The minimum atomic E-state index is 0.572. The molecule has 0 atom stereocenters. The lowest BCUT2D eigenvalue weighted by molar-refractivity contribution is 0.193. The quantitative estimate of drug-likeness (QED) is 0.0510. The second-order valence-corrected chi connectivity index (χ2v) is 13.9. The number of hydrogen-bond donors (Lipinski definition) is 0. The van der Waals surface area contributed by atoms with E-state index in [0.717, 1.165) is 86.9 Å². The molecular weight excluding hydrogens is 627 g/mol. The normalized spacial score (nSPS) is 15.3. The van der Waals surface area contributed by atoms with Gasteiger partial charge in [-0.05, 0) is 140 Å². The molecule has 4 aromatic rings. The largest absolute Gasteiger partial charge is 0.494 e. The maximum Gasteiger partial charge on any atom is 0.127 e. The number of rotatable bonds is 16. The van der Waals surface area contributed by atoms with Crippen LogP contribution < -0.4 is 14.2 Å². The lowest BCUT2D eigenvalue weighted by Gasteiger charge is -2.32. The van der Waals surface area contributed by atoms with Crippen LogP contribution in [0.2, 0.25) is 0 Å². The van der Waals surface area contributed by atoms with Gasteiger partial charge in [0.25, 0.3) is 0 Å². The van der Waals surface area contributed by atoms with Gasteiger partial charge in [0.2, 0.25) is 0 Å². The summed E-state index contributed by atoms with van der Waals surface area (Å²) in [7, 11) is 0. The van der Waals surface area contributed by atoms with Crippen molar-refractivity contribution in [3.05, 3.63) is 167 Å². The number of ether oxygens (including phenoxy) is 3. The first kappa shape index (κ1) is 36.0. The number of allylic oxidation sites excluding steroid dienone is 5. The van der Waals surface area contributed by atoms with Crippen LogP contribution in [-0.4, -0.2) is 31.1 Å². The number of nitrogens with zero attached hydrogens (tertiary/aromatic N) is 1. The van der Waals surface area contributed by atoms with E-state index in [4.69, 9.17) is 14.2 Å². The lowest BCUT2D eigenvalue weighted by Crippen LogP contribution is -2.34. The smallest absolute Gasteiger partial charge is 0.127 e. The number of benzene rings is 4. The maximum atomic E-state index is 6.23. The van der Waals surface area contributed by atoms with Gasteiger partial charge in [-0.1, -0.05) is 91.4 Å². The molecule has 0 amide bonds. The van der Waals surface area contributed by atoms with E-state index in [1.54, 1.807) is 0 Å². The predicted molar refractivity (Wildman–Crippen MR) is 212 cm³/mol. The molecule has 0 saturated carbocycles. The van der Waals surface area contributed by atoms with E-state index in [1.807, 2.05) is 25.1 Å². The monoisotopic (exact) mass is 679 g/mol. The van der Waals surface area contributed by atoms with E-state index in [1.165, 1.54) is 51.8 Å². The van der Waals surface area contributed by atoms with Crippen LogP contribution in [0.5, 0.6) is 17.2 Å². The van der Waals surface area contributed by atoms with Gasteiger partial charge in [0, 0.05) is 13.0 Å². The first-order chi connectivity index (χ1) is 25.0. The standard InChI is InChI=1S/C47H53NO3/c1-5-12-38-17-18-41-33-44(50-34-36-13-8-7-9-14-36)23-24-46(41)47(38)39-19-21-43(22-20-39)49-30-11-27-48-28-25-37(26-29-48)40-15-10-16-45(32-40)51-42(6-2)31-35(3)4/h5,7-10,13-16,19-24,31-33,37H,1,3,6,11-12,17-18,25-30,34H2,2,4H3/b42-31+. The van der Waals surface area contributed by atoms with E-state index < -0.39 is 0 Å². The van der Waals surface area contributed by atoms with Crippen LogP contribution in [0.1, 0.15) is 86.1 Å². The molecule has 1 fully saturated rings. The zero-order valence-corrected chi connectivity index (χ0v) is 30.5. The van der Waals surface area contributed by atoms with Crippen LogP contribution in [0, 0.1) is 0 Å². The van der Waals surface area contributed by atoms with E-state index in [9.17, 15) is 0 Å². The topological polar surface area (TPSA) is 30.9 Å². The second kappa shape index (κ2) is 17.9. The molecule has 0 bridgehead atoms. The van der Waals surface area contributed by atoms with Crippen molar-refractivity contribution >= 4 is 5.57 Å². The van der Waals surface area contributed by atoms with E-state index in [2.05, 4.69) is 116 Å². The van der Waals surface area contributed by atoms with Crippen LogP contribution in [-0.2, 0) is 13.0 Å². The van der Waals surface area contributed by atoms with Crippen LogP contribution in [0.15, 0.2) is 139 Å². The van der Waals surface area contributed by atoms with Crippen LogP contribution in [0.4, 0.5) is 0 Å². The summed E-state index contributed by atoms with van der Waals surface area (Å²) in [6.07, 6.45) is 11.2. The first-order valence-electron chi connectivity index (χ1n) is 18.7. The summed E-state index contributed by atoms with van der Waals surface area (Å²) in [5.41, 5.74) is 10.2. The van der Waals surface area contributed by atoms with E-state index in [-0.39, 0.29) is 0 Å². The number of fused-ring (bicyclic) bond motifs is 1. The molecule has 0 N–H and O–H groups in total. The van der Waals surface area contributed by atoms with E-state index >= 15 is 0 Å². The molecule has 51 heavy (non-hydrogen) atoms. The summed E-state index contributed by atoms with van der Waals surface area (Å²) in [5.74, 6) is 4.30. The fourth-order valence-electron chi connectivity index (χ4n) is 7.34. The van der Waals surface area contributed by atoms with Gasteiger partial charge in [0.1, 0.15) is 29.6 Å². The molecule has 1 aliphatic heterocycles. The molecule has 4 aromatic carbocycles. The summed E-state index contributed by atoms with van der Waals surface area (Å²) in [6, 6.07) is 34.2. The average molecular weight is 680 g/mol. The molecular formula is C47H53NO3. The SMILES string of the molecule is C=CCC1=C(c2ccc(OCCCN3CCC(c4cccc(O/C(=C/C(=C)C)CC)c4)CC3)cc2)c2ccc(OCc3ccccc3)cc2CC1. The third-order valence-corrected chi connectivity index (χ3v) is 9.99. The minimum absolute atomic E-state index is 0.572. The van der Waals surface area contributed by atoms with Crippen molar-refractivity contribution in [2.75, 3.05) is 26.2 Å². The van der Waals surface area contributed by atoms with Gasteiger partial charge in [-0.2, -0.15) is 0 Å². The highest BCUT2D eigenvalue weighted by Gasteiger charge is 2.22. The molecule has 264 valence electrons. The van der Waals surface area contributed by atoms with Crippen LogP contribution >= 0.6 is 0 Å². The molecule has 1 aliphatic carbocycles. The summed E-state index contributed by atoms with van der Waals surface area (Å²) < 4.78 is 18.6. The van der Waals surface area contributed by atoms with Crippen molar-refractivity contribution in [3.63, 3.8) is 0 Å². The highest BCUT2D eigenvalue weighted by molar-refractivity contribution is 5.85. The highest BCUT2D eigenvalue weighted by atomic mass is 16.5. The zero-order chi connectivity index (χ0) is 35.4. The number of piperidine rings is 1. The Balaban J connectivity index is 0.985. The van der Waals surface area contributed by atoms with Crippen molar-refractivity contribution in [1.82, 2.24) is 4.90 Å². The molecule has 1 heterocycles. The Morgan fingerprint density at radius 1 is 0.843 bits per heavy atom. The molecule has 0 unspecified atom stereocenters. The summed E-state index contributed by atoms with van der Waals surface area (Å²) >= 11 is 0. The van der Waals surface area contributed by atoms with Crippen molar-refractivity contribution in [1.29, 1.82) is 0 Å². The number of likely N-dealkylation sites (tertiary alicyclic amines) is 1. The maximum absolute atomic E-state index is 6.23. The van der Waals surface area contributed by atoms with Gasteiger partial charge in [-0.25, -0.2) is 0 Å². The average Bonchev–Trinajstić information content (AvgIpc) is 3.16. The Hall–Kier alpha value is -4.80. The van der Waals surface area contributed by atoms with Gasteiger partial charge in [-0.3, -0.25) is 0 Å². The molecule has 0 aromatic heterocycles. The number of aryl methyl sites for hydroxylation is 1. The highest BCUT2D eigenvalue weighted by Crippen LogP contribution is 2.39. The minimum Gasteiger partial charge on any atom is -0.494 e. The van der Waals surface area contributed by atoms with Gasteiger partial charge in [0.15, 0.2) is 0 Å². The molecule has 0 spiro atoms. The lowest BCUT2D eigenvalue weighted by atomic mass is 9.81. The van der Waals surface area contributed by atoms with Crippen LogP contribution in [0.25, 0.3) is 5.57 Å². The van der Waals surface area contributed by atoms with Crippen molar-refractivity contribution in [2.24, 2.45) is 0 Å². The van der Waals surface area contributed by atoms with Crippen molar-refractivity contribution in [2.45, 2.75) is 71.3 Å². The molecule has 2 aliphatic rings. The Bertz CT molecular complexity index is 1830. The Morgan fingerprint density at radius 3 is 2.37 bits per heavy atom. The summed E-state index contributed by atoms with van der Waals surface area (Å²) in [5, 5.41) is 0. The number of hydrogen-bond acceptors (Lipinski definition) is 4. The summed E-state index contributed by atoms with van der Waals surface area (Å²) in [4.78, 5) is 2.58. The van der Waals surface area contributed by atoms with Gasteiger partial charge in [-0.15, -0.1) is 6.58 Å². The zero-order valence-electron chi connectivity index (χ0n) is 30.5. The molecule has 4 heteroatoms. The molecule has 4 nitrogen and oxygen atoms in total. The third-order valence-electron chi connectivity index (χ3n) is 9.99. The van der Waals surface area contributed by atoms with Crippen molar-refractivity contribution in [3.8, 4) is 17.2 Å². The van der Waals surface area contributed by atoms with Gasteiger partial charge >= 0.3 is 0 Å². The van der Waals surface area contributed by atoms with Gasteiger partial charge in [0.05, 0.1) is 6.61 Å². The third kappa shape index (κ3) is 9.92. The van der Waals surface area contributed by atoms with Gasteiger partial charge < -0.3 is 19.1 Å². The fraction of sp³-hybridized carbons (Fsp3) is 0.319. The molecule has 1 saturated heterocycles. The van der Waals surface area contributed by atoms with Crippen molar-refractivity contribution < 1.29 is 14.2 Å². The molecule has 0 radical (unpaired) electrons. The second-order valence-electron chi connectivity index (χ2n) is 13.9. The Morgan fingerprint density at radius 2 is 1.63 bits per heavy atom. The summed E-state index contributed by atoms with van der Waals surface area (Å²) in [6.45, 7) is 16.7. The Kier molecular flexibility index (Phi) is 12.7. The Labute approximate surface area is 305 Å². The first-order valence-corrected chi connectivity index (χ1v) is 18.7. The fourth-order valence-corrected chi connectivity index (χ4v) is 7.34. The molecule has 6 rings (SSSR count). The van der Waals surface area contributed by atoms with E-state index in [0.29, 0.717) is 12.5 Å². The van der Waals surface area contributed by atoms with Crippen LogP contribution in [0.3, 0.4) is 0 Å². The predicted octanol–water partition coefficient (Wildman–Crippen LogP) is 11.5.